The molecule has 4 aromatic rings. The van der Waals surface area contributed by atoms with E-state index in [1.165, 1.54) is 9.13 Å². The molecule has 0 radical (unpaired) electrons. The second kappa shape index (κ2) is 5.96. The van der Waals surface area contributed by atoms with Crippen LogP contribution >= 0.6 is 11.3 Å². The lowest BCUT2D eigenvalue weighted by molar-refractivity contribution is 0.571. The molecule has 0 fully saturated rings. The van der Waals surface area contributed by atoms with Crippen molar-refractivity contribution in [2.24, 2.45) is 14.1 Å². The van der Waals surface area contributed by atoms with Crippen LogP contribution in [-0.2, 0) is 27.1 Å². The minimum absolute atomic E-state index is 0.289. The van der Waals surface area contributed by atoms with Crippen molar-refractivity contribution in [1.29, 1.82) is 0 Å². The lowest BCUT2D eigenvalue weighted by Crippen LogP contribution is -2.39. The summed E-state index contributed by atoms with van der Waals surface area (Å²) in [6, 6.07) is 8.01. The maximum Gasteiger partial charge on any atom is 0.332 e. The first-order chi connectivity index (χ1) is 12.1. The molecule has 0 saturated carbocycles. The SMILES string of the molecule is Cn1cnc2c1c(=O)n(CCCc1nc3ccccc3s1)c(=O)n2C. The van der Waals surface area contributed by atoms with Gasteiger partial charge in [-0.05, 0) is 18.6 Å². The van der Waals surface area contributed by atoms with Crippen molar-refractivity contribution >= 4 is 32.7 Å². The number of aryl methyl sites for hydroxylation is 3. The van der Waals surface area contributed by atoms with Crippen LogP contribution in [0.3, 0.4) is 0 Å². The largest absolute Gasteiger partial charge is 0.332 e. The van der Waals surface area contributed by atoms with Gasteiger partial charge in [0, 0.05) is 27.1 Å². The van der Waals surface area contributed by atoms with E-state index >= 15 is 0 Å². The Balaban J connectivity index is 1.61. The molecule has 0 amide bonds. The molecule has 0 aliphatic heterocycles. The third-order valence-electron chi connectivity index (χ3n) is 4.31. The average molecular weight is 355 g/mol. The Kier molecular flexibility index (Phi) is 3.76. The Morgan fingerprint density at radius 2 is 1.96 bits per heavy atom. The van der Waals surface area contributed by atoms with Crippen molar-refractivity contribution in [2.75, 3.05) is 0 Å². The quantitative estimate of drug-likeness (QED) is 0.558. The molecule has 0 spiro atoms. The van der Waals surface area contributed by atoms with Crippen LogP contribution in [-0.4, -0.2) is 23.7 Å². The predicted octanol–water partition coefficient (Wildman–Crippen LogP) is 1.68. The highest BCUT2D eigenvalue weighted by molar-refractivity contribution is 7.18. The summed E-state index contributed by atoms with van der Waals surface area (Å²) < 4.78 is 5.52. The van der Waals surface area contributed by atoms with Gasteiger partial charge in [0.1, 0.15) is 0 Å². The van der Waals surface area contributed by atoms with Crippen molar-refractivity contribution < 1.29 is 0 Å². The molecule has 1 aromatic carbocycles. The van der Waals surface area contributed by atoms with E-state index in [0.29, 0.717) is 24.1 Å². The van der Waals surface area contributed by atoms with Crippen LogP contribution in [0.25, 0.3) is 21.4 Å². The molecule has 25 heavy (non-hydrogen) atoms. The number of hydrogen-bond donors (Lipinski definition) is 0. The van der Waals surface area contributed by atoms with Gasteiger partial charge in [-0.15, -0.1) is 11.3 Å². The van der Waals surface area contributed by atoms with Gasteiger partial charge in [-0.1, -0.05) is 12.1 Å². The fraction of sp³-hybridized carbons (Fsp3) is 0.294. The number of benzene rings is 1. The van der Waals surface area contributed by atoms with Gasteiger partial charge in [-0.3, -0.25) is 13.9 Å². The standard InChI is InChI=1S/C17H17N5O2S/c1-20-10-18-15-14(20)16(23)22(17(24)21(15)2)9-5-8-13-19-11-6-3-4-7-12(11)25-13/h3-4,6-7,10H,5,8-9H2,1-2H3. The summed E-state index contributed by atoms with van der Waals surface area (Å²) >= 11 is 1.65. The van der Waals surface area contributed by atoms with E-state index in [1.807, 2.05) is 24.3 Å². The van der Waals surface area contributed by atoms with Crippen molar-refractivity contribution in [2.45, 2.75) is 19.4 Å². The van der Waals surface area contributed by atoms with Crippen LogP contribution in [0.15, 0.2) is 40.2 Å². The molecule has 3 heterocycles. The molecule has 128 valence electrons. The van der Waals surface area contributed by atoms with Crippen LogP contribution < -0.4 is 11.2 Å². The van der Waals surface area contributed by atoms with Gasteiger partial charge in [-0.2, -0.15) is 0 Å². The molecular formula is C17H17N5O2S. The van der Waals surface area contributed by atoms with Crippen LogP contribution in [0.2, 0.25) is 0 Å². The zero-order chi connectivity index (χ0) is 17.6. The Morgan fingerprint density at radius 1 is 1.16 bits per heavy atom. The van der Waals surface area contributed by atoms with Gasteiger partial charge >= 0.3 is 5.69 Å². The smallest absolute Gasteiger partial charge is 0.328 e. The Bertz CT molecular complexity index is 1160. The molecule has 0 unspecified atom stereocenters. The summed E-state index contributed by atoms with van der Waals surface area (Å²) in [5.74, 6) is 0. The van der Waals surface area contributed by atoms with Crippen LogP contribution in [0.5, 0.6) is 0 Å². The number of aromatic nitrogens is 5. The zero-order valence-electron chi connectivity index (χ0n) is 14.0. The summed E-state index contributed by atoms with van der Waals surface area (Å²) in [5, 5.41) is 1.02. The summed E-state index contributed by atoms with van der Waals surface area (Å²) in [6.45, 7) is 0.364. The fourth-order valence-corrected chi connectivity index (χ4v) is 4.02. The molecule has 7 nitrogen and oxygen atoms in total. The second-order valence-corrected chi connectivity index (χ2v) is 7.12. The van der Waals surface area contributed by atoms with Crippen LogP contribution in [0, 0.1) is 0 Å². The number of imidazole rings is 1. The molecule has 0 bridgehead atoms. The third kappa shape index (κ3) is 2.58. The number of hydrogen-bond acceptors (Lipinski definition) is 5. The van der Waals surface area contributed by atoms with Crippen molar-refractivity contribution in [3.05, 3.63) is 56.4 Å². The maximum atomic E-state index is 12.6. The molecule has 8 heteroatoms. The highest BCUT2D eigenvalue weighted by atomic mass is 32.1. The van der Waals surface area contributed by atoms with Gasteiger partial charge in [0.2, 0.25) is 0 Å². The van der Waals surface area contributed by atoms with Gasteiger partial charge in [0.05, 0.1) is 21.6 Å². The number of rotatable bonds is 4. The van der Waals surface area contributed by atoms with E-state index in [-0.39, 0.29) is 11.2 Å². The van der Waals surface area contributed by atoms with Gasteiger partial charge in [-0.25, -0.2) is 14.8 Å². The van der Waals surface area contributed by atoms with Crippen LogP contribution in [0.4, 0.5) is 0 Å². The molecule has 4 rings (SSSR count). The van der Waals surface area contributed by atoms with E-state index in [2.05, 4.69) is 9.97 Å². The minimum atomic E-state index is -0.333. The maximum absolute atomic E-state index is 12.6. The van der Waals surface area contributed by atoms with E-state index < -0.39 is 0 Å². The van der Waals surface area contributed by atoms with Crippen LogP contribution in [0.1, 0.15) is 11.4 Å². The molecule has 3 aromatic heterocycles. The molecule has 0 aliphatic carbocycles. The van der Waals surface area contributed by atoms with Crippen molar-refractivity contribution in [3.8, 4) is 0 Å². The third-order valence-corrected chi connectivity index (χ3v) is 5.41. The minimum Gasteiger partial charge on any atom is -0.328 e. The molecule has 0 aliphatic rings. The van der Waals surface area contributed by atoms with E-state index in [4.69, 9.17) is 0 Å². The number of thiazole rings is 1. The van der Waals surface area contributed by atoms with E-state index in [9.17, 15) is 9.59 Å². The molecule has 0 saturated heterocycles. The molecular weight excluding hydrogens is 338 g/mol. The molecule has 0 atom stereocenters. The average Bonchev–Trinajstić information content (AvgIpc) is 3.19. The first kappa shape index (κ1) is 15.8. The normalized spacial score (nSPS) is 11.6. The first-order valence-electron chi connectivity index (χ1n) is 8.01. The Hall–Kier alpha value is -2.74. The van der Waals surface area contributed by atoms with E-state index in [1.54, 1.807) is 36.3 Å². The topological polar surface area (TPSA) is 74.7 Å². The predicted molar refractivity (Wildman–Crippen MR) is 98.2 cm³/mol. The number of nitrogens with zero attached hydrogens (tertiary/aromatic N) is 5. The Morgan fingerprint density at radius 3 is 2.76 bits per heavy atom. The lowest BCUT2D eigenvalue weighted by atomic mass is 10.3. The van der Waals surface area contributed by atoms with Gasteiger partial charge in [0.15, 0.2) is 11.2 Å². The monoisotopic (exact) mass is 355 g/mol. The number of fused-ring (bicyclic) bond motifs is 2. The first-order valence-corrected chi connectivity index (χ1v) is 8.83. The number of para-hydroxylation sites is 1. The highest BCUT2D eigenvalue weighted by Gasteiger charge is 2.14. The van der Waals surface area contributed by atoms with Gasteiger partial charge < -0.3 is 4.57 Å². The summed E-state index contributed by atoms with van der Waals surface area (Å²) in [4.78, 5) is 33.8. The summed E-state index contributed by atoms with van der Waals surface area (Å²) in [5.41, 5.74) is 1.23. The van der Waals surface area contributed by atoms with E-state index in [0.717, 1.165) is 21.6 Å². The molecule has 0 N–H and O–H groups in total. The second-order valence-electron chi connectivity index (χ2n) is 6.00. The highest BCUT2D eigenvalue weighted by Crippen LogP contribution is 2.22. The summed E-state index contributed by atoms with van der Waals surface area (Å²) in [6.07, 6.45) is 2.97. The lowest BCUT2D eigenvalue weighted by Gasteiger charge is -2.08. The van der Waals surface area contributed by atoms with Crippen molar-refractivity contribution in [1.82, 2.24) is 23.7 Å². The van der Waals surface area contributed by atoms with Crippen molar-refractivity contribution in [3.63, 3.8) is 0 Å². The fourth-order valence-electron chi connectivity index (χ4n) is 3.01. The Labute approximate surface area is 146 Å². The summed E-state index contributed by atoms with van der Waals surface area (Å²) in [7, 11) is 3.40. The zero-order valence-corrected chi connectivity index (χ0v) is 14.8. The van der Waals surface area contributed by atoms with Gasteiger partial charge in [0.25, 0.3) is 5.56 Å².